The standard InChI is InChI=1S/C24H25FN2O4S/c1-27-24(20-9-13-22(14-10-20)30-16-19-5-3-2-4-6-19)23(17-31-27)32(28,29)26-15-18-7-11-21(25)12-8-18/h2-14,23-24,26H,15-17H2,1H3. The molecule has 4 rings (SSSR count). The Bertz CT molecular complexity index is 1120. The fraction of sp³-hybridized carbons (Fsp3) is 0.250. The molecule has 1 N–H and O–H groups in total. The highest BCUT2D eigenvalue weighted by atomic mass is 32.2. The quantitative estimate of drug-likeness (QED) is 0.558. The number of hydrogen-bond donors (Lipinski definition) is 1. The molecule has 0 aliphatic carbocycles. The normalized spacial score (nSPS) is 19.2. The van der Waals surface area contributed by atoms with E-state index in [1.165, 1.54) is 12.1 Å². The number of sulfonamides is 1. The second kappa shape index (κ2) is 9.79. The van der Waals surface area contributed by atoms with E-state index in [0.29, 0.717) is 17.9 Å². The molecule has 1 heterocycles. The second-order valence-corrected chi connectivity index (χ2v) is 9.65. The van der Waals surface area contributed by atoms with Gasteiger partial charge in [-0.25, -0.2) is 17.5 Å². The minimum Gasteiger partial charge on any atom is -0.489 e. The molecule has 0 radical (unpaired) electrons. The molecular weight excluding hydrogens is 431 g/mol. The van der Waals surface area contributed by atoms with E-state index in [1.807, 2.05) is 54.6 Å². The lowest BCUT2D eigenvalue weighted by Gasteiger charge is -2.23. The summed E-state index contributed by atoms with van der Waals surface area (Å²) in [5, 5.41) is 0.783. The van der Waals surface area contributed by atoms with Crippen LogP contribution in [0.1, 0.15) is 22.7 Å². The number of hydrogen-bond acceptors (Lipinski definition) is 5. The van der Waals surface area contributed by atoms with Crippen molar-refractivity contribution >= 4 is 10.0 Å². The smallest absolute Gasteiger partial charge is 0.219 e. The monoisotopic (exact) mass is 456 g/mol. The van der Waals surface area contributed by atoms with Gasteiger partial charge < -0.3 is 4.74 Å². The molecule has 2 atom stereocenters. The lowest BCUT2D eigenvalue weighted by atomic mass is 10.0. The van der Waals surface area contributed by atoms with E-state index in [-0.39, 0.29) is 19.0 Å². The third kappa shape index (κ3) is 5.34. The maximum Gasteiger partial charge on any atom is 0.219 e. The van der Waals surface area contributed by atoms with Gasteiger partial charge in [0, 0.05) is 13.6 Å². The van der Waals surface area contributed by atoms with E-state index in [1.54, 1.807) is 24.2 Å². The maximum atomic E-state index is 13.1. The number of nitrogens with one attached hydrogen (secondary N) is 1. The number of rotatable bonds is 8. The minimum atomic E-state index is -3.70. The van der Waals surface area contributed by atoms with Gasteiger partial charge in [0.25, 0.3) is 0 Å². The highest BCUT2D eigenvalue weighted by molar-refractivity contribution is 7.90. The topological polar surface area (TPSA) is 67.9 Å². The number of hydroxylamine groups is 2. The summed E-state index contributed by atoms with van der Waals surface area (Å²) in [5.41, 5.74) is 2.56. The molecule has 0 bridgehead atoms. The molecule has 3 aromatic rings. The van der Waals surface area contributed by atoms with Crippen LogP contribution >= 0.6 is 0 Å². The van der Waals surface area contributed by atoms with Gasteiger partial charge in [0.05, 0.1) is 12.6 Å². The molecule has 3 aromatic carbocycles. The first-order valence-electron chi connectivity index (χ1n) is 10.3. The van der Waals surface area contributed by atoms with Crippen molar-refractivity contribution in [2.24, 2.45) is 0 Å². The molecule has 6 nitrogen and oxygen atoms in total. The van der Waals surface area contributed by atoms with Crippen molar-refractivity contribution in [3.8, 4) is 5.75 Å². The Kier molecular flexibility index (Phi) is 6.86. The summed E-state index contributed by atoms with van der Waals surface area (Å²) in [6, 6.07) is 22.5. The zero-order valence-electron chi connectivity index (χ0n) is 17.6. The van der Waals surface area contributed by atoms with Gasteiger partial charge in [-0.2, -0.15) is 5.06 Å². The Labute approximate surface area is 187 Å². The van der Waals surface area contributed by atoms with Crippen LogP contribution in [0.4, 0.5) is 4.39 Å². The van der Waals surface area contributed by atoms with Crippen LogP contribution in [-0.2, 0) is 28.0 Å². The first-order valence-corrected chi connectivity index (χ1v) is 11.8. The van der Waals surface area contributed by atoms with Crippen molar-refractivity contribution in [2.45, 2.75) is 24.4 Å². The van der Waals surface area contributed by atoms with Crippen LogP contribution < -0.4 is 9.46 Å². The zero-order valence-corrected chi connectivity index (χ0v) is 18.5. The first kappa shape index (κ1) is 22.4. The molecule has 168 valence electrons. The third-order valence-corrected chi connectivity index (χ3v) is 7.18. The number of benzene rings is 3. The third-order valence-electron chi connectivity index (χ3n) is 5.45. The fourth-order valence-electron chi connectivity index (χ4n) is 3.68. The van der Waals surface area contributed by atoms with Crippen molar-refractivity contribution in [1.29, 1.82) is 0 Å². The van der Waals surface area contributed by atoms with Gasteiger partial charge in [-0.05, 0) is 41.0 Å². The predicted octanol–water partition coefficient (Wildman–Crippen LogP) is 3.81. The van der Waals surface area contributed by atoms with Crippen molar-refractivity contribution in [3.63, 3.8) is 0 Å². The highest BCUT2D eigenvalue weighted by Crippen LogP contribution is 2.34. The highest BCUT2D eigenvalue weighted by Gasteiger charge is 2.43. The van der Waals surface area contributed by atoms with Crippen LogP contribution in [0, 0.1) is 5.82 Å². The number of nitrogens with zero attached hydrogens (tertiary/aromatic N) is 1. The number of ether oxygens (including phenoxy) is 1. The van der Waals surface area contributed by atoms with Gasteiger partial charge in [-0.15, -0.1) is 0 Å². The molecule has 1 aliphatic heterocycles. The average molecular weight is 457 g/mol. The Morgan fingerprint density at radius 2 is 1.69 bits per heavy atom. The molecule has 0 amide bonds. The largest absolute Gasteiger partial charge is 0.489 e. The van der Waals surface area contributed by atoms with Crippen LogP contribution in [0.25, 0.3) is 0 Å². The van der Waals surface area contributed by atoms with E-state index in [9.17, 15) is 12.8 Å². The van der Waals surface area contributed by atoms with Crippen LogP contribution in [-0.4, -0.2) is 32.4 Å². The summed E-state index contributed by atoms with van der Waals surface area (Å²) >= 11 is 0. The minimum absolute atomic E-state index is 0.0478. The molecule has 32 heavy (non-hydrogen) atoms. The Balaban J connectivity index is 1.43. The summed E-state index contributed by atoms with van der Waals surface area (Å²) in [5.74, 6) is 0.340. The van der Waals surface area contributed by atoms with Crippen molar-refractivity contribution in [1.82, 2.24) is 9.79 Å². The van der Waals surface area contributed by atoms with Gasteiger partial charge in [0.1, 0.15) is 23.4 Å². The van der Waals surface area contributed by atoms with Gasteiger partial charge in [-0.3, -0.25) is 4.84 Å². The zero-order chi connectivity index (χ0) is 22.6. The van der Waals surface area contributed by atoms with Gasteiger partial charge in [0.15, 0.2) is 0 Å². The van der Waals surface area contributed by atoms with Gasteiger partial charge in [0.2, 0.25) is 10.0 Å². The maximum absolute atomic E-state index is 13.1. The number of halogens is 1. The Morgan fingerprint density at radius 3 is 2.38 bits per heavy atom. The SMILES string of the molecule is CN1OCC(S(=O)(=O)NCc2ccc(F)cc2)C1c1ccc(OCc2ccccc2)cc1. The van der Waals surface area contributed by atoms with Crippen LogP contribution in [0.15, 0.2) is 78.9 Å². The van der Waals surface area contributed by atoms with Crippen molar-refractivity contribution in [2.75, 3.05) is 13.7 Å². The first-order chi connectivity index (χ1) is 15.4. The molecule has 1 aliphatic rings. The van der Waals surface area contributed by atoms with E-state index in [2.05, 4.69) is 4.72 Å². The molecule has 0 saturated carbocycles. The van der Waals surface area contributed by atoms with E-state index < -0.39 is 21.3 Å². The molecule has 1 fully saturated rings. The Hall–Kier alpha value is -2.78. The molecule has 0 aromatic heterocycles. The van der Waals surface area contributed by atoms with Gasteiger partial charge >= 0.3 is 0 Å². The molecule has 0 spiro atoms. The summed E-state index contributed by atoms with van der Waals surface area (Å²) < 4.78 is 47.6. The summed E-state index contributed by atoms with van der Waals surface area (Å²) in [7, 11) is -1.97. The molecular formula is C24H25FN2O4S. The van der Waals surface area contributed by atoms with E-state index in [0.717, 1.165) is 11.1 Å². The lowest BCUT2D eigenvalue weighted by molar-refractivity contribution is -0.110. The fourth-order valence-corrected chi connectivity index (χ4v) is 5.17. The summed E-state index contributed by atoms with van der Waals surface area (Å²) in [4.78, 5) is 5.56. The van der Waals surface area contributed by atoms with Crippen molar-refractivity contribution < 1.29 is 22.4 Å². The van der Waals surface area contributed by atoms with Crippen molar-refractivity contribution in [3.05, 3.63) is 101 Å². The Morgan fingerprint density at radius 1 is 1.00 bits per heavy atom. The second-order valence-electron chi connectivity index (χ2n) is 7.66. The van der Waals surface area contributed by atoms with E-state index in [4.69, 9.17) is 9.57 Å². The van der Waals surface area contributed by atoms with Crippen LogP contribution in [0.5, 0.6) is 5.75 Å². The lowest BCUT2D eigenvalue weighted by Crippen LogP contribution is -2.39. The van der Waals surface area contributed by atoms with Crippen LogP contribution in [0.2, 0.25) is 0 Å². The molecule has 1 saturated heterocycles. The molecule has 8 heteroatoms. The average Bonchev–Trinajstić information content (AvgIpc) is 3.21. The van der Waals surface area contributed by atoms with Crippen LogP contribution in [0.3, 0.4) is 0 Å². The summed E-state index contributed by atoms with van der Waals surface area (Å²) in [6.45, 7) is 0.588. The predicted molar refractivity (Wildman–Crippen MR) is 120 cm³/mol. The molecule has 2 unspecified atom stereocenters. The summed E-state index contributed by atoms with van der Waals surface area (Å²) in [6.07, 6.45) is 0. The van der Waals surface area contributed by atoms with E-state index >= 15 is 0 Å². The van der Waals surface area contributed by atoms with Gasteiger partial charge in [-0.1, -0.05) is 54.6 Å².